The minimum Gasteiger partial charge on any atom is -0.393 e. The van der Waals surface area contributed by atoms with Crippen molar-refractivity contribution >= 4 is 17.5 Å². The van der Waals surface area contributed by atoms with Crippen LogP contribution >= 0.6 is 0 Å². The van der Waals surface area contributed by atoms with Gasteiger partial charge in [0.05, 0.1) is 23.6 Å². The highest BCUT2D eigenvalue weighted by Gasteiger charge is 2.57. The Hall–Kier alpha value is -2.72. The summed E-state index contributed by atoms with van der Waals surface area (Å²) in [5, 5.41) is 10.4. The van der Waals surface area contributed by atoms with Crippen molar-refractivity contribution in [3.63, 3.8) is 0 Å². The summed E-state index contributed by atoms with van der Waals surface area (Å²) in [6, 6.07) is 18.9. The van der Waals surface area contributed by atoms with Crippen molar-refractivity contribution in [1.29, 1.82) is 0 Å². The minimum atomic E-state index is -0.696. The standard InChI is InChI=1S/C23H23NO3/c1-14-13-18(16-9-5-3-6-10-16)20-21(19(14)15(2)25)23(27)24(22(20)26)17-11-7-4-8-12-17/h3-13,15,18-21,25H,1-2H3/t15-,18+,19-,20-,21+/m0/s1. The van der Waals surface area contributed by atoms with Crippen molar-refractivity contribution in [3.05, 3.63) is 77.9 Å². The summed E-state index contributed by atoms with van der Waals surface area (Å²) in [4.78, 5) is 28.1. The molecule has 5 atom stereocenters. The largest absolute Gasteiger partial charge is 0.393 e. The maximum absolute atomic E-state index is 13.4. The van der Waals surface area contributed by atoms with E-state index < -0.39 is 17.9 Å². The van der Waals surface area contributed by atoms with Gasteiger partial charge in [0.1, 0.15) is 0 Å². The van der Waals surface area contributed by atoms with Crippen LogP contribution < -0.4 is 4.90 Å². The third-order valence-electron chi connectivity index (χ3n) is 5.86. The molecule has 2 amide bonds. The Morgan fingerprint density at radius 2 is 1.44 bits per heavy atom. The van der Waals surface area contributed by atoms with Gasteiger partial charge in [-0.1, -0.05) is 60.2 Å². The average Bonchev–Trinajstić information content (AvgIpc) is 2.93. The molecule has 0 aromatic heterocycles. The van der Waals surface area contributed by atoms with Crippen molar-refractivity contribution in [2.45, 2.75) is 25.9 Å². The smallest absolute Gasteiger partial charge is 0.238 e. The van der Waals surface area contributed by atoms with E-state index in [0.29, 0.717) is 5.69 Å². The molecular formula is C23H23NO3. The third kappa shape index (κ3) is 2.81. The molecule has 27 heavy (non-hydrogen) atoms. The lowest BCUT2D eigenvalue weighted by molar-refractivity contribution is -0.123. The maximum atomic E-state index is 13.4. The molecule has 1 N–H and O–H groups in total. The molecule has 138 valence electrons. The highest BCUT2D eigenvalue weighted by atomic mass is 16.3. The molecule has 1 aliphatic carbocycles. The van der Waals surface area contributed by atoms with Crippen LogP contribution in [0, 0.1) is 17.8 Å². The molecule has 0 bridgehead atoms. The number of amides is 2. The SMILES string of the molecule is CC1=C[C@H](c2ccccc2)[C@@H]2C(=O)N(c3ccccc3)C(=O)[C@@H]2[C@@H]1[C@H](C)O. The molecule has 4 heteroatoms. The van der Waals surface area contributed by atoms with Gasteiger partial charge in [-0.15, -0.1) is 0 Å². The summed E-state index contributed by atoms with van der Waals surface area (Å²) < 4.78 is 0. The number of anilines is 1. The van der Waals surface area contributed by atoms with Crippen LogP contribution in [0.15, 0.2) is 72.3 Å². The van der Waals surface area contributed by atoms with Crippen LogP contribution in [0.25, 0.3) is 0 Å². The average molecular weight is 361 g/mol. The molecule has 1 aliphatic heterocycles. The monoisotopic (exact) mass is 361 g/mol. The van der Waals surface area contributed by atoms with Gasteiger partial charge in [-0.05, 0) is 31.5 Å². The van der Waals surface area contributed by atoms with Crippen molar-refractivity contribution < 1.29 is 14.7 Å². The predicted octanol–water partition coefficient (Wildman–Crippen LogP) is 3.53. The van der Waals surface area contributed by atoms with Crippen molar-refractivity contribution in [2.24, 2.45) is 17.8 Å². The van der Waals surface area contributed by atoms with E-state index in [-0.39, 0.29) is 23.7 Å². The number of imide groups is 1. The summed E-state index contributed by atoms with van der Waals surface area (Å²) in [6.45, 7) is 3.65. The van der Waals surface area contributed by atoms with Gasteiger partial charge < -0.3 is 5.11 Å². The van der Waals surface area contributed by atoms with Crippen molar-refractivity contribution in [3.8, 4) is 0 Å². The van der Waals surface area contributed by atoms with Crippen LogP contribution in [-0.2, 0) is 9.59 Å². The fraction of sp³-hybridized carbons (Fsp3) is 0.304. The molecule has 0 spiro atoms. The van der Waals surface area contributed by atoms with Crippen LogP contribution in [-0.4, -0.2) is 23.0 Å². The van der Waals surface area contributed by atoms with E-state index in [1.165, 1.54) is 4.90 Å². The number of hydrogen-bond acceptors (Lipinski definition) is 3. The zero-order valence-corrected chi connectivity index (χ0v) is 15.4. The fourth-order valence-corrected chi connectivity index (χ4v) is 4.74. The minimum absolute atomic E-state index is 0.170. The summed E-state index contributed by atoms with van der Waals surface area (Å²) in [5.41, 5.74) is 2.58. The molecule has 0 unspecified atom stereocenters. The second-order valence-corrected chi connectivity index (χ2v) is 7.51. The highest BCUT2D eigenvalue weighted by molar-refractivity contribution is 6.22. The van der Waals surface area contributed by atoms with Crippen LogP contribution in [0.4, 0.5) is 5.69 Å². The zero-order valence-electron chi connectivity index (χ0n) is 15.4. The van der Waals surface area contributed by atoms with E-state index in [9.17, 15) is 14.7 Å². The number of hydrogen-bond donors (Lipinski definition) is 1. The van der Waals surface area contributed by atoms with E-state index >= 15 is 0 Å². The van der Waals surface area contributed by atoms with Gasteiger partial charge in [-0.3, -0.25) is 14.5 Å². The lowest BCUT2D eigenvalue weighted by atomic mass is 9.65. The van der Waals surface area contributed by atoms with Crippen LogP contribution in [0.3, 0.4) is 0 Å². The van der Waals surface area contributed by atoms with Crippen LogP contribution in [0.2, 0.25) is 0 Å². The summed E-state index contributed by atoms with van der Waals surface area (Å²) in [7, 11) is 0. The fourth-order valence-electron chi connectivity index (χ4n) is 4.74. The molecule has 2 aliphatic rings. The molecular weight excluding hydrogens is 338 g/mol. The van der Waals surface area contributed by atoms with Gasteiger partial charge in [0.25, 0.3) is 0 Å². The Kier molecular flexibility index (Phi) is 4.44. The Morgan fingerprint density at radius 1 is 0.889 bits per heavy atom. The summed E-state index contributed by atoms with van der Waals surface area (Å²) in [5.74, 6) is -1.96. The number of para-hydroxylation sites is 1. The van der Waals surface area contributed by atoms with Crippen molar-refractivity contribution in [2.75, 3.05) is 4.90 Å². The topological polar surface area (TPSA) is 57.6 Å². The number of aliphatic hydroxyl groups is 1. The molecule has 1 fully saturated rings. The molecule has 4 rings (SSSR count). The number of carbonyl (C=O) groups is 2. The lowest BCUT2D eigenvalue weighted by Gasteiger charge is -2.37. The molecule has 2 aromatic rings. The Balaban J connectivity index is 1.85. The van der Waals surface area contributed by atoms with Crippen molar-refractivity contribution in [1.82, 2.24) is 0 Å². The number of fused-ring (bicyclic) bond motifs is 1. The van der Waals surface area contributed by atoms with E-state index in [1.54, 1.807) is 19.1 Å². The molecule has 2 aromatic carbocycles. The summed E-state index contributed by atoms with van der Waals surface area (Å²) in [6.07, 6.45) is 1.37. The first-order valence-electron chi connectivity index (χ1n) is 9.35. The molecule has 0 saturated carbocycles. The van der Waals surface area contributed by atoms with Crippen LogP contribution in [0.1, 0.15) is 25.3 Å². The quantitative estimate of drug-likeness (QED) is 0.672. The third-order valence-corrected chi connectivity index (χ3v) is 5.86. The van der Waals surface area contributed by atoms with E-state index in [4.69, 9.17) is 0 Å². The zero-order chi connectivity index (χ0) is 19.1. The first kappa shape index (κ1) is 17.7. The van der Waals surface area contributed by atoms with Gasteiger partial charge in [0, 0.05) is 11.8 Å². The molecule has 1 heterocycles. The molecule has 4 nitrogen and oxygen atoms in total. The highest BCUT2D eigenvalue weighted by Crippen LogP contribution is 2.50. The Bertz CT molecular complexity index is 888. The van der Waals surface area contributed by atoms with Gasteiger partial charge in [-0.25, -0.2) is 0 Å². The predicted molar refractivity (Wildman–Crippen MR) is 104 cm³/mol. The number of allylic oxidation sites excluding steroid dienone is 1. The summed E-state index contributed by atoms with van der Waals surface area (Å²) >= 11 is 0. The number of nitrogens with zero attached hydrogens (tertiary/aromatic N) is 1. The van der Waals surface area contributed by atoms with Gasteiger partial charge in [0.15, 0.2) is 0 Å². The van der Waals surface area contributed by atoms with E-state index in [2.05, 4.69) is 6.08 Å². The Labute approximate surface area is 159 Å². The van der Waals surface area contributed by atoms with Crippen LogP contribution in [0.5, 0.6) is 0 Å². The number of aliphatic hydroxyl groups excluding tert-OH is 1. The van der Waals surface area contributed by atoms with Gasteiger partial charge in [-0.2, -0.15) is 0 Å². The van der Waals surface area contributed by atoms with E-state index in [0.717, 1.165) is 11.1 Å². The molecule has 0 radical (unpaired) electrons. The normalized spacial score (nSPS) is 28.7. The first-order valence-corrected chi connectivity index (χ1v) is 9.35. The first-order chi connectivity index (χ1) is 13.0. The van der Waals surface area contributed by atoms with Gasteiger partial charge in [0.2, 0.25) is 11.8 Å². The number of carbonyl (C=O) groups excluding carboxylic acids is 2. The van der Waals surface area contributed by atoms with E-state index in [1.807, 2.05) is 55.5 Å². The lowest BCUT2D eigenvalue weighted by Crippen LogP contribution is -2.39. The second kappa shape index (κ2) is 6.78. The second-order valence-electron chi connectivity index (χ2n) is 7.51. The maximum Gasteiger partial charge on any atom is 0.238 e. The number of rotatable bonds is 3. The van der Waals surface area contributed by atoms with Gasteiger partial charge >= 0.3 is 0 Å². The molecule has 1 saturated heterocycles. The Morgan fingerprint density at radius 3 is 2.04 bits per heavy atom. The number of benzene rings is 2.